The zero-order valence-corrected chi connectivity index (χ0v) is 10.9. The first-order valence-corrected chi connectivity index (χ1v) is 6.32. The summed E-state index contributed by atoms with van der Waals surface area (Å²) in [6, 6.07) is 0. The van der Waals surface area contributed by atoms with Crippen molar-refractivity contribution < 1.29 is 0 Å². The zero-order chi connectivity index (χ0) is 10.8. The van der Waals surface area contributed by atoms with E-state index in [-0.39, 0.29) is 0 Å². The molecular formula is C11H26N2S. The fraction of sp³-hybridized carbons (Fsp3) is 1.00. The Balaban J connectivity index is 3.38. The Morgan fingerprint density at radius 1 is 0.929 bits per heavy atom. The van der Waals surface area contributed by atoms with Crippen LogP contribution >= 0.6 is 12.6 Å². The highest BCUT2D eigenvalue weighted by molar-refractivity contribution is 7.80. The summed E-state index contributed by atoms with van der Waals surface area (Å²) in [6.45, 7) is 7.10. The maximum absolute atomic E-state index is 4.22. The predicted molar refractivity (Wildman–Crippen MR) is 68.4 cm³/mol. The van der Waals surface area contributed by atoms with E-state index in [2.05, 4.69) is 43.4 Å². The average molecular weight is 218 g/mol. The summed E-state index contributed by atoms with van der Waals surface area (Å²) in [7, 11) is 4.27. The molecule has 86 valence electrons. The molecule has 0 aliphatic heterocycles. The predicted octanol–water partition coefficient (Wildman–Crippen LogP) is 1.97. The summed E-state index contributed by atoms with van der Waals surface area (Å²) in [6.07, 6.45) is 3.81. The van der Waals surface area contributed by atoms with Gasteiger partial charge in [-0.25, -0.2) is 0 Å². The number of hydrogen-bond donors (Lipinski definition) is 1. The molecule has 3 heteroatoms. The van der Waals surface area contributed by atoms with Crippen molar-refractivity contribution in [3.63, 3.8) is 0 Å². The summed E-state index contributed by atoms with van der Waals surface area (Å²) in [4.78, 5) is 4.79. The van der Waals surface area contributed by atoms with E-state index in [1.54, 1.807) is 0 Å². The number of thiol groups is 1. The Labute approximate surface area is 95.1 Å². The highest BCUT2D eigenvalue weighted by Crippen LogP contribution is 1.98. The molecule has 0 saturated carbocycles. The van der Waals surface area contributed by atoms with Gasteiger partial charge in [0, 0.05) is 0 Å². The van der Waals surface area contributed by atoms with Gasteiger partial charge in [-0.3, -0.25) is 0 Å². The van der Waals surface area contributed by atoms with Crippen molar-refractivity contribution in [2.24, 2.45) is 0 Å². The SMILES string of the molecule is CCN(CCCCS)CCCN(C)C. The Kier molecular flexibility index (Phi) is 10.0. The molecule has 0 amide bonds. The molecule has 0 heterocycles. The molecule has 0 saturated heterocycles. The van der Waals surface area contributed by atoms with Crippen LogP contribution in [0.2, 0.25) is 0 Å². The first-order chi connectivity index (χ1) is 6.70. The minimum Gasteiger partial charge on any atom is -0.309 e. The zero-order valence-electron chi connectivity index (χ0n) is 10.00. The average Bonchev–Trinajstić information content (AvgIpc) is 2.15. The third-order valence-electron chi connectivity index (χ3n) is 2.41. The van der Waals surface area contributed by atoms with Gasteiger partial charge in [0.2, 0.25) is 0 Å². The van der Waals surface area contributed by atoms with Crippen molar-refractivity contribution in [2.75, 3.05) is 46.0 Å². The summed E-state index contributed by atoms with van der Waals surface area (Å²) in [5.74, 6) is 1.02. The van der Waals surface area contributed by atoms with Crippen molar-refractivity contribution in [1.82, 2.24) is 9.80 Å². The molecule has 0 rings (SSSR count). The van der Waals surface area contributed by atoms with Crippen LogP contribution in [0.4, 0.5) is 0 Å². The molecule has 0 aromatic rings. The fourth-order valence-electron chi connectivity index (χ4n) is 1.49. The number of unbranched alkanes of at least 4 members (excludes halogenated alkanes) is 1. The van der Waals surface area contributed by atoms with Gasteiger partial charge in [0.1, 0.15) is 0 Å². The van der Waals surface area contributed by atoms with Crippen molar-refractivity contribution in [3.8, 4) is 0 Å². The van der Waals surface area contributed by atoms with Gasteiger partial charge in [0.25, 0.3) is 0 Å². The smallest absolute Gasteiger partial charge is 0.000667 e. The van der Waals surface area contributed by atoms with E-state index in [9.17, 15) is 0 Å². The number of hydrogen-bond acceptors (Lipinski definition) is 3. The lowest BCUT2D eigenvalue weighted by atomic mass is 10.3. The second kappa shape index (κ2) is 9.81. The molecule has 0 bridgehead atoms. The van der Waals surface area contributed by atoms with Crippen molar-refractivity contribution in [2.45, 2.75) is 26.2 Å². The number of rotatable bonds is 9. The molecule has 2 nitrogen and oxygen atoms in total. The van der Waals surface area contributed by atoms with Crippen LogP contribution in [0.3, 0.4) is 0 Å². The van der Waals surface area contributed by atoms with Crippen LogP contribution in [0.5, 0.6) is 0 Å². The Bertz CT molecular complexity index is 118. The van der Waals surface area contributed by atoms with Crippen LogP contribution in [0.15, 0.2) is 0 Å². The Morgan fingerprint density at radius 3 is 2.07 bits per heavy atom. The van der Waals surface area contributed by atoms with Crippen LogP contribution in [-0.2, 0) is 0 Å². The summed E-state index contributed by atoms with van der Waals surface area (Å²) in [5.41, 5.74) is 0. The minimum atomic E-state index is 1.02. The van der Waals surface area contributed by atoms with Gasteiger partial charge in [-0.1, -0.05) is 6.92 Å². The Hall–Kier alpha value is 0.270. The van der Waals surface area contributed by atoms with Gasteiger partial charge in [-0.2, -0.15) is 12.6 Å². The van der Waals surface area contributed by atoms with Gasteiger partial charge >= 0.3 is 0 Å². The summed E-state index contributed by atoms with van der Waals surface area (Å²) >= 11 is 4.22. The summed E-state index contributed by atoms with van der Waals surface area (Å²) < 4.78 is 0. The lowest BCUT2D eigenvalue weighted by molar-refractivity contribution is 0.263. The van der Waals surface area contributed by atoms with E-state index in [1.807, 2.05) is 0 Å². The van der Waals surface area contributed by atoms with Crippen LogP contribution in [0.1, 0.15) is 26.2 Å². The topological polar surface area (TPSA) is 6.48 Å². The summed E-state index contributed by atoms with van der Waals surface area (Å²) in [5, 5.41) is 0. The minimum absolute atomic E-state index is 1.02. The monoisotopic (exact) mass is 218 g/mol. The molecule has 0 aliphatic rings. The van der Waals surface area contributed by atoms with Gasteiger partial charge in [0.05, 0.1) is 0 Å². The van der Waals surface area contributed by atoms with E-state index in [4.69, 9.17) is 0 Å². The lowest BCUT2D eigenvalue weighted by Gasteiger charge is -2.21. The largest absolute Gasteiger partial charge is 0.309 e. The molecule has 0 aliphatic carbocycles. The van der Waals surface area contributed by atoms with Crippen molar-refractivity contribution in [1.29, 1.82) is 0 Å². The molecule has 0 aromatic carbocycles. The molecule has 0 radical (unpaired) electrons. The first kappa shape index (κ1) is 14.3. The van der Waals surface area contributed by atoms with Gasteiger partial charge in [-0.05, 0) is 65.3 Å². The maximum Gasteiger partial charge on any atom is -0.000667 e. The van der Waals surface area contributed by atoms with Gasteiger partial charge < -0.3 is 9.80 Å². The molecule has 0 N–H and O–H groups in total. The van der Waals surface area contributed by atoms with Crippen molar-refractivity contribution >= 4 is 12.6 Å². The fourth-order valence-corrected chi connectivity index (χ4v) is 1.71. The molecular weight excluding hydrogens is 192 g/mol. The highest BCUT2D eigenvalue weighted by Gasteiger charge is 2.01. The van der Waals surface area contributed by atoms with E-state index >= 15 is 0 Å². The maximum atomic E-state index is 4.22. The van der Waals surface area contributed by atoms with Crippen molar-refractivity contribution in [3.05, 3.63) is 0 Å². The highest BCUT2D eigenvalue weighted by atomic mass is 32.1. The Morgan fingerprint density at radius 2 is 1.57 bits per heavy atom. The van der Waals surface area contributed by atoms with E-state index in [1.165, 1.54) is 45.4 Å². The normalized spacial score (nSPS) is 11.6. The second-order valence-corrected chi connectivity index (χ2v) is 4.47. The molecule has 0 fully saturated rings. The van der Waals surface area contributed by atoms with Crippen LogP contribution in [0, 0.1) is 0 Å². The third kappa shape index (κ3) is 8.85. The molecule has 0 unspecified atom stereocenters. The third-order valence-corrected chi connectivity index (χ3v) is 2.73. The van der Waals surface area contributed by atoms with E-state index < -0.39 is 0 Å². The number of nitrogens with zero attached hydrogens (tertiary/aromatic N) is 2. The van der Waals surface area contributed by atoms with Crippen LogP contribution < -0.4 is 0 Å². The molecule has 14 heavy (non-hydrogen) atoms. The van der Waals surface area contributed by atoms with E-state index in [0.717, 1.165) is 5.75 Å². The standard InChI is InChI=1S/C11H26N2S/c1-4-13(9-5-6-11-14)10-7-8-12(2)3/h14H,4-11H2,1-3H3. The molecule has 0 atom stereocenters. The molecule has 0 aromatic heterocycles. The molecule has 0 spiro atoms. The van der Waals surface area contributed by atoms with Crippen LogP contribution in [0.25, 0.3) is 0 Å². The van der Waals surface area contributed by atoms with Crippen LogP contribution in [-0.4, -0.2) is 55.8 Å². The van der Waals surface area contributed by atoms with Gasteiger partial charge in [-0.15, -0.1) is 0 Å². The lowest BCUT2D eigenvalue weighted by Crippen LogP contribution is -2.28. The van der Waals surface area contributed by atoms with Gasteiger partial charge in [0.15, 0.2) is 0 Å². The quantitative estimate of drug-likeness (QED) is 0.467. The van der Waals surface area contributed by atoms with E-state index in [0.29, 0.717) is 0 Å². The first-order valence-electron chi connectivity index (χ1n) is 5.68. The second-order valence-electron chi connectivity index (χ2n) is 4.02.